The molecule has 0 N–H and O–H groups in total. The van der Waals surface area contributed by atoms with Crippen LogP contribution < -0.4 is 5.56 Å². The fourth-order valence-electron chi connectivity index (χ4n) is 7.35. The van der Waals surface area contributed by atoms with Crippen molar-refractivity contribution in [3.8, 4) is 0 Å². The molecule has 1 aromatic carbocycles. The van der Waals surface area contributed by atoms with E-state index in [0.717, 1.165) is 53.1 Å². The van der Waals surface area contributed by atoms with Crippen molar-refractivity contribution in [2.75, 3.05) is 0 Å². The summed E-state index contributed by atoms with van der Waals surface area (Å²) in [5.41, 5.74) is 3.15. The van der Waals surface area contributed by atoms with Gasteiger partial charge in [0.15, 0.2) is 0 Å². The molecule has 36 heavy (non-hydrogen) atoms. The van der Waals surface area contributed by atoms with Gasteiger partial charge in [-0.2, -0.15) is 0 Å². The van der Waals surface area contributed by atoms with Gasteiger partial charge in [-0.15, -0.1) is 10.2 Å². The maximum Gasteiger partial charge on any atom is 0.275 e. The van der Waals surface area contributed by atoms with Crippen molar-refractivity contribution in [2.45, 2.75) is 84.7 Å². The number of hydrogen-bond donors (Lipinski definition) is 0. The minimum absolute atomic E-state index is 0.0109. The van der Waals surface area contributed by atoms with Gasteiger partial charge < -0.3 is 13.5 Å². The molecule has 2 bridgehead atoms. The van der Waals surface area contributed by atoms with Crippen LogP contribution in [0.25, 0.3) is 16.6 Å². The average Bonchev–Trinajstić information content (AvgIpc) is 3.51. The van der Waals surface area contributed by atoms with Crippen molar-refractivity contribution >= 4 is 16.6 Å². The molecular weight excluding hydrogens is 453 g/mol. The van der Waals surface area contributed by atoms with Crippen LogP contribution in [0.5, 0.6) is 0 Å². The number of aromatic nitrogens is 5. The number of nitrogens with zero attached hydrogens (tertiary/aromatic N) is 5. The number of aryl methyl sites for hydroxylation is 3. The topological polar surface area (TPSA) is 57.1 Å². The molecule has 6 rings (SSSR count). The van der Waals surface area contributed by atoms with Crippen LogP contribution in [0.2, 0.25) is 0 Å². The molecule has 2 aliphatic rings. The Hall–Kier alpha value is -2.96. The van der Waals surface area contributed by atoms with Gasteiger partial charge in [0, 0.05) is 24.2 Å². The van der Waals surface area contributed by atoms with Crippen LogP contribution in [-0.2, 0) is 6.54 Å². The normalized spacial score (nSPS) is 23.9. The van der Waals surface area contributed by atoms with Crippen LogP contribution in [0.3, 0.4) is 0 Å². The summed E-state index contributed by atoms with van der Waals surface area (Å²) in [5, 5.41) is 8.88. The molecule has 0 aliphatic heterocycles. The summed E-state index contributed by atoms with van der Waals surface area (Å²) in [7, 11) is 0. The molecule has 3 heterocycles. The zero-order valence-electron chi connectivity index (χ0n) is 21.7. The lowest BCUT2D eigenvalue weighted by atomic mass is 9.82. The van der Waals surface area contributed by atoms with Gasteiger partial charge in [0.2, 0.25) is 0 Å². The largest absolute Gasteiger partial charge is 0.312 e. The number of benzene rings is 1. The first-order chi connectivity index (χ1) is 17.3. The first-order valence-electron chi connectivity index (χ1n) is 13.5. The first kappa shape index (κ1) is 23.4. The number of rotatable bonds is 6. The Labute approximate surface area is 211 Å². The first-order valence-corrected chi connectivity index (χ1v) is 13.5. The second-order valence-corrected chi connectivity index (χ2v) is 11.5. The third kappa shape index (κ3) is 3.78. The van der Waals surface area contributed by atoms with Gasteiger partial charge in [-0.05, 0) is 100 Å². The second-order valence-electron chi connectivity index (χ2n) is 11.5. The number of fused-ring (bicyclic) bond motifs is 5. The Bertz CT molecular complexity index is 1500. The Morgan fingerprint density at radius 3 is 2.61 bits per heavy atom. The van der Waals surface area contributed by atoms with E-state index in [-0.39, 0.29) is 11.4 Å². The molecule has 4 atom stereocenters. The average molecular weight is 490 g/mol. The predicted octanol–water partition coefficient (Wildman–Crippen LogP) is 6.18. The van der Waals surface area contributed by atoms with Crippen molar-refractivity contribution in [1.29, 1.82) is 0 Å². The lowest BCUT2D eigenvalue weighted by Crippen LogP contribution is -2.24. The summed E-state index contributed by atoms with van der Waals surface area (Å²) in [5.74, 6) is 4.47. The lowest BCUT2D eigenvalue weighted by Gasteiger charge is -2.31. The van der Waals surface area contributed by atoms with E-state index in [1.54, 1.807) is 12.1 Å². The van der Waals surface area contributed by atoms with E-state index in [0.29, 0.717) is 29.9 Å². The quantitative estimate of drug-likeness (QED) is 0.325. The van der Waals surface area contributed by atoms with Crippen LogP contribution in [-0.4, -0.2) is 23.7 Å². The summed E-state index contributed by atoms with van der Waals surface area (Å²) >= 11 is 0. The molecule has 0 radical (unpaired) electrons. The van der Waals surface area contributed by atoms with E-state index in [1.165, 1.54) is 31.7 Å². The van der Waals surface area contributed by atoms with Gasteiger partial charge in [0.1, 0.15) is 23.0 Å². The number of halogens is 1. The molecule has 0 amide bonds. The summed E-state index contributed by atoms with van der Waals surface area (Å²) < 4.78 is 20.3. The Kier molecular flexibility index (Phi) is 5.77. The summed E-state index contributed by atoms with van der Waals surface area (Å²) in [6.45, 7) is 9.11. The van der Waals surface area contributed by atoms with Crippen LogP contribution in [0, 0.1) is 37.4 Å². The fourth-order valence-corrected chi connectivity index (χ4v) is 7.35. The molecule has 3 aromatic heterocycles. The molecule has 2 fully saturated rings. The molecule has 4 aromatic rings. The molecule has 2 aliphatic carbocycles. The van der Waals surface area contributed by atoms with Gasteiger partial charge in [-0.3, -0.25) is 4.79 Å². The molecule has 2 unspecified atom stereocenters. The highest BCUT2D eigenvalue weighted by molar-refractivity contribution is 5.79. The monoisotopic (exact) mass is 489 g/mol. The molecule has 190 valence electrons. The van der Waals surface area contributed by atoms with Crippen LogP contribution in [0.4, 0.5) is 4.39 Å². The second kappa shape index (κ2) is 8.86. The van der Waals surface area contributed by atoms with Gasteiger partial charge in [0.05, 0.1) is 11.0 Å². The highest BCUT2D eigenvalue weighted by Crippen LogP contribution is 2.51. The Balaban J connectivity index is 1.20. The van der Waals surface area contributed by atoms with Crippen molar-refractivity contribution in [3.63, 3.8) is 0 Å². The van der Waals surface area contributed by atoms with E-state index in [2.05, 4.69) is 35.5 Å². The highest BCUT2D eigenvalue weighted by atomic mass is 19.1. The predicted molar refractivity (Wildman–Crippen MR) is 140 cm³/mol. The molecular formula is C29H36FN5O. The Morgan fingerprint density at radius 1 is 1.00 bits per heavy atom. The van der Waals surface area contributed by atoms with Gasteiger partial charge in [-0.25, -0.2) is 4.39 Å². The van der Waals surface area contributed by atoms with Gasteiger partial charge >= 0.3 is 0 Å². The summed E-state index contributed by atoms with van der Waals surface area (Å²) in [6, 6.07) is 9.06. The highest BCUT2D eigenvalue weighted by Gasteiger charge is 2.41. The minimum Gasteiger partial charge on any atom is -0.312 e. The maximum absolute atomic E-state index is 14.1. The third-order valence-corrected chi connectivity index (χ3v) is 8.86. The van der Waals surface area contributed by atoms with Crippen LogP contribution in [0.1, 0.15) is 81.7 Å². The van der Waals surface area contributed by atoms with Gasteiger partial charge in [0.25, 0.3) is 5.56 Å². The Morgan fingerprint density at radius 2 is 1.81 bits per heavy atom. The van der Waals surface area contributed by atoms with Crippen molar-refractivity contribution in [1.82, 2.24) is 23.7 Å². The van der Waals surface area contributed by atoms with Crippen LogP contribution >= 0.6 is 0 Å². The standard InChI is InChI=1S/C29H36FN5O/c1-17(2)28-32-31-19(4)35(28)24-14-20-12-21(22(13-20)15-24)6-5-11-33-25-10-8-23(30)16-27(25)34-18(3)7-9-26(34)29(33)36/h7-10,16-17,20-22,24H,5-6,11-15H2,1-4H3/t20-,21?,22+,24?/m1/s1. The zero-order valence-corrected chi connectivity index (χ0v) is 21.7. The molecule has 0 spiro atoms. The van der Waals surface area contributed by atoms with Gasteiger partial charge in [-0.1, -0.05) is 13.8 Å². The van der Waals surface area contributed by atoms with E-state index < -0.39 is 0 Å². The van der Waals surface area contributed by atoms with E-state index in [1.807, 2.05) is 28.0 Å². The smallest absolute Gasteiger partial charge is 0.275 e. The van der Waals surface area contributed by atoms with E-state index >= 15 is 0 Å². The van der Waals surface area contributed by atoms with E-state index in [9.17, 15) is 9.18 Å². The molecule has 0 saturated heterocycles. The van der Waals surface area contributed by atoms with E-state index in [4.69, 9.17) is 0 Å². The molecule has 2 saturated carbocycles. The zero-order chi connectivity index (χ0) is 25.1. The fraction of sp³-hybridized carbons (Fsp3) is 0.552. The van der Waals surface area contributed by atoms with Crippen LogP contribution in [0.15, 0.2) is 35.1 Å². The summed E-state index contributed by atoms with van der Waals surface area (Å²) in [6.07, 6.45) is 7.15. The third-order valence-electron chi connectivity index (χ3n) is 8.86. The SMILES string of the molecule is Cc1nnc(C(C)C)n1C1C[C@@H]2CC(CCCn3c(=O)c4ccc(C)n4c4cc(F)ccc43)[C@H](C1)C2. The van der Waals surface area contributed by atoms with Crippen molar-refractivity contribution < 1.29 is 4.39 Å². The molecule has 6 nitrogen and oxygen atoms in total. The lowest BCUT2D eigenvalue weighted by molar-refractivity contribution is 0.232. The maximum atomic E-state index is 14.1. The number of hydrogen-bond acceptors (Lipinski definition) is 3. The molecule has 7 heteroatoms. The summed E-state index contributed by atoms with van der Waals surface area (Å²) in [4.78, 5) is 13.4. The minimum atomic E-state index is -0.279. The van der Waals surface area contributed by atoms with Crippen molar-refractivity contribution in [2.24, 2.45) is 17.8 Å². The van der Waals surface area contributed by atoms with Crippen molar-refractivity contribution in [3.05, 3.63) is 63.8 Å².